The fourth-order valence-corrected chi connectivity index (χ4v) is 1.51. The first-order chi connectivity index (χ1) is 6.94. The van der Waals surface area contributed by atoms with Crippen LogP contribution in [0.15, 0.2) is 24.3 Å². The van der Waals surface area contributed by atoms with Gasteiger partial charge >= 0.3 is 6.18 Å². The monoisotopic (exact) mass is 218 g/mol. The summed E-state index contributed by atoms with van der Waals surface area (Å²) >= 11 is 0. The Labute approximate surface area is 86.5 Å². The van der Waals surface area contributed by atoms with Crippen molar-refractivity contribution in [3.8, 4) is 0 Å². The van der Waals surface area contributed by atoms with E-state index in [1.165, 1.54) is 6.07 Å². The Hall–Kier alpha value is -1.03. The summed E-state index contributed by atoms with van der Waals surface area (Å²) in [4.78, 5) is 0. The molecule has 1 aromatic carbocycles. The van der Waals surface area contributed by atoms with Crippen LogP contribution >= 0.6 is 0 Å². The number of aliphatic hydroxyl groups is 1. The zero-order chi connectivity index (χ0) is 11.5. The van der Waals surface area contributed by atoms with Crippen molar-refractivity contribution in [2.45, 2.75) is 32.0 Å². The summed E-state index contributed by atoms with van der Waals surface area (Å²) in [6, 6.07) is 6.65. The molecule has 0 aliphatic rings. The molecule has 1 rings (SSSR count). The summed E-state index contributed by atoms with van der Waals surface area (Å²) in [5.74, 6) is 0. The van der Waals surface area contributed by atoms with Crippen molar-refractivity contribution >= 4 is 0 Å². The summed E-state index contributed by atoms with van der Waals surface area (Å²) in [7, 11) is 0. The molecule has 1 atom stereocenters. The third-order valence-corrected chi connectivity index (χ3v) is 2.22. The highest BCUT2D eigenvalue weighted by Gasteiger charge is 2.32. The number of halogens is 3. The minimum absolute atomic E-state index is 0.373. The van der Waals surface area contributed by atoms with Gasteiger partial charge in [-0.25, -0.2) is 0 Å². The number of aliphatic hydroxyl groups excluding tert-OH is 1. The van der Waals surface area contributed by atoms with Gasteiger partial charge in [-0.1, -0.05) is 31.2 Å². The Morgan fingerprint density at radius 1 is 1.27 bits per heavy atom. The van der Waals surface area contributed by atoms with Crippen LogP contribution in [0.25, 0.3) is 0 Å². The molecule has 4 heteroatoms. The molecule has 0 bridgehead atoms. The van der Waals surface area contributed by atoms with Gasteiger partial charge in [0.05, 0.1) is 12.5 Å². The highest BCUT2D eigenvalue weighted by atomic mass is 19.4. The van der Waals surface area contributed by atoms with Crippen molar-refractivity contribution in [2.75, 3.05) is 0 Å². The predicted octanol–water partition coefficient (Wildman–Crippen LogP) is 3.23. The summed E-state index contributed by atoms with van der Waals surface area (Å²) in [5.41, 5.74) is 1.13. The molecule has 1 unspecified atom stereocenters. The maximum atomic E-state index is 12.1. The van der Waals surface area contributed by atoms with Gasteiger partial charge in [-0.3, -0.25) is 0 Å². The molecular formula is C11H13F3O. The van der Waals surface area contributed by atoms with Gasteiger partial charge in [-0.2, -0.15) is 13.2 Å². The van der Waals surface area contributed by atoms with Crippen LogP contribution in [0.1, 0.15) is 30.6 Å². The second-order valence-electron chi connectivity index (χ2n) is 3.39. The summed E-state index contributed by atoms with van der Waals surface area (Å²) in [6.45, 7) is 1.85. The van der Waals surface area contributed by atoms with E-state index in [1.54, 1.807) is 18.2 Å². The molecule has 1 aromatic rings. The standard InChI is InChI=1S/C11H13F3O/c1-2-8-5-3-4-6-9(8)10(15)7-11(12,13)14/h3-6,10,15H,2,7H2,1H3. The fourth-order valence-electron chi connectivity index (χ4n) is 1.51. The van der Waals surface area contributed by atoms with E-state index in [2.05, 4.69) is 0 Å². The van der Waals surface area contributed by atoms with Crippen molar-refractivity contribution in [3.05, 3.63) is 35.4 Å². The molecule has 0 aromatic heterocycles. The van der Waals surface area contributed by atoms with E-state index in [1.807, 2.05) is 6.92 Å². The highest BCUT2D eigenvalue weighted by molar-refractivity contribution is 5.29. The topological polar surface area (TPSA) is 20.2 Å². The lowest BCUT2D eigenvalue weighted by molar-refractivity contribution is -0.154. The molecular weight excluding hydrogens is 205 g/mol. The SMILES string of the molecule is CCc1ccccc1C(O)CC(F)(F)F. The smallest absolute Gasteiger partial charge is 0.388 e. The van der Waals surface area contributed by atoms with E-state index >= 15 is 0 Å². The van der Waals surface area contributed by atoms with Crippen LogP contribution in [0.4, 0.5) is 13.2 Å². The molecule has 15 heavy (non-hydrogen) atoms. The Bertz CT molecular complexity index is 320. The van der Waals surface area contributed by atoms with Gasteiger partial charge < -0.3 is 5.11 Å². The Morgan fingerprint density at radius 3 is 2.40 bits per heavy atom. The molecule has 0 amide bonds. The second-order valence-corrected chi connectivity index (χ2v) is 3.39. The molecule has 0 radical (unpaired) electrons. The zero-order valence-electron chi connectivity index (χ0n) is 8.38. The van der Waals surface area contributed by atoms with Crippen LogP contribution in [-0.4, -0.2) is 11.3 Å². The van der Waals surface area contributed by atoms with Gasteiger partial charge in [0.1, 0.15) is 0 Å². The minimum Gasteiger partial charge on any atom is -0.388 e. The molecule has 0 heterocycles. The third-order valence-electron chi connectivity index (χ3n) is 2.22. The maximum absolute atomic E-state index is 12.1. The molecule has 0 spiro atoms. The van der Waals surface area contributed by atoms with Crippen molar-refractivity contribution in [1.82, 2.24) is 0 Å². The van der Waals surface area contributed by atoms with Crippen molar-refractivity contribution < 1.29 is 18.3 Å². The number of benzene rings is 1. The lowest BCUT2D eigenvalue weighted by Gasteiger charge is -2.16. The summed E-state index contributed by atoms with van der Waals surface area (Å²) in [6.07, 6.45) is -6.36. The lowest BCUT2D eigenvalue weighted by atomic mass is 9.98. The predicted molar refractivity (Wildman–Crippen MR) is 51.5 cm³/mol. The van der Waals surface area contributed by atoms with E-state index in [4.69, 9.17) is 0 Å². The van der Waals surface area contributed by atoms with Crippen LogP contribution in [0.5, 0.6) is 0 Å². The first-order valence-electron chi connectivity index (χ1n) is 4.76. The molecule has 1 N–H and O–H groups in total. The number of hydrogen-bond acceptors (Lipinski definition) is 1. The fraction of sp³-hybridized carbons (Fsp3) is 0.455. The molecule has 0 aliphatic carbocycles. The van der Waals surface area contributed by atoms with Crippen LogP contribution in [0.3, 0.4) is 0 Å². The highest BCUT2D eigenvalue weighted by Crippen LogP contribution is 2.30. The van der Waals surface area contributed by atoms with E-state index < -0.39 is 18.7 Å². The van der Waals surface area contributed by atoms with E-state index in [9.17, 15) is 18.3 Å². The van der Waals surface area contributed by atoms with Crippen LogP contribution in [0, 0.1) is 0 Å². The summed E-state index contributed by atoms with van der Waals surface area (Å²) in [5, 5.41) is 9.45. The van der Waals surface area contributed by atoms with Crippen LogP contribution in [-0.2, 0) is 6.42 Å². The van der Waals surface area contributed by atoms with E-state index in [-0.39, 0.29) is 0 Å². The number of aryl methyl sites for hydroxylation is 1. The van der Waals surface area contributed by atoms with E-state index in [0.29, 0.717) is 12.0 Å². The Kier molecular flexibility index (Phi) is 3.74. The van der Waals surface area contributed by atoms with E-state index in [0.717, 1.165) is 5.56 Å². The number of hydrogen-bond donors (Lipinski definition) is 1. The van der Waals surface area contributed by atoms with Crippen molar-refractivity contribution in [2.24, 2.45) is 0 Å². The molecule has 0 aliphatic heterocycles. The Morgan fingerprint density at radius 2 is 1.87 bits per heavy atom. The molecule has 1 nitrogen and oxygen atoms in total. The first kappa shape index (κ1) is 12.0. The largest absolute Gasteiger partial charge is 0.391 e. The lowest BCUT2D eigenvalue weighted by Crippen LogP contribution is -2.14. The van der Waals surface area contributed by atoms with Crippen molar-refractivity contribution in [1.29, 1.82) is 0 Å². The summed E-state index contributed by atoms with van der Waals surface area (Å²) < 4.78 is 36.2. The maximum Gasteiger partial charge on any atom is 0.391 e. The van der Waals surface area contributed by atoms with Gasteiger partial charge in [0.15, 0.2) is 0 Å². The second kappa shape index (κ2) is 4.66. The minimum atomic E-state index is -4.33. The van der Waals surface area contributed by atoms with Gasteiger partial charge in [0, 0.05) is 0 Å². The zero-order valence-corrected chi connectivity index (χ0v) is 8.38. The van der Waals surface area contributed by atoms with Crippen molar-refractivity contribution in [3.63, 3.8) is 0 Å². The third kappa shape index (κ3) is 3.55. The molecule has 84 valence electrons. The average Bonchev–Trinajstić information content (AvgIpc) is 2.15. The Balaban J connectivity index is 2.86. The van der Waals surface area contributed by atoms with Gasteiger partial charge in [-0.15, -0.1) is 0 Å². The molecule has 0 fully saturated rings. The van der Waals surface area contributed by atoms with Crippen LogP contribution < -0.4 is 0 Å². The van der Waals surface area contributed by atoms with Gasteiger partial charge in [0.2, 0.25) is 0 Å². The van der Waals surface area contributed by atoms with Gasteiger partial charge in [-0.05, 0) is 17.5 Å². The number of alkyl halides is 3. The normalized spacial score (nSPS) is 13.9. The average molecular weight is 218 g/mol. The number of rotatable bonds is 3. The van der Waals surface area contributed by atoms with Gasteiger partial charge in [0.25, 0.3) is 0 Å². The van der Waals surface area contributed by atoms with Crippen LogP contribution in [0.2, 0.25) is 0 Å². The molecule has 0 saturated heterocycles. The molecule has 0 saturated carbocycles. The first-order valence-corrected chi connectivity index (χ1v) is 4.76. The quantitative estimate of drug-likeness (QED) is 0.825.